The summed E-state index contributed by atoms with van der Waals surface area (Å²) in [4.78, 5) is 31.2. The number of aliphatic carboxylic acids is 1. The van der Waals surface area contributed by atoms with E-state index in [1.807, 2.05) is 18.9 Å². The Balaban J connectivity index is 0.00000312. The standard InChI is InChI=1S/C16H23ClN4O3.ClH/c1-11(16(24)19-14-4-3-12(17)9-18-14)21-7-5-13(6-8-21)20(2)10-15(22)23;/h3-4,9,11,13H,5-8,10H2,1-2H3,(H,22,23)(H,18,19,24);1H. The first-order chi connectivity index (χ1) is 11.4. The summed E-state index contributed by atoms with van der Waals surface area (Å²) in [7, 11) is 1.83. The zero-order valence-corrected chi connectivity index (χ0v) is 15.9. The van der Waals surface area contributed by atoms with Crippen molar-refractivity contribution in [1.29, 1.82) is 0 Å². The van der Waals surface area contributed by atoms with Gasteiger partial charge in [0.05, 0.1) is 17.6 Å². The SMILES string of the molecule is CC(C(=O)Nc1ccc(Cl)cn1)N1CCC(N(C)CC(=O)O)CC1.Cl. The number of hydrogen-bond acceptors (Lipinski definition) is 5. The van der Waals surface area contributed by atoms with E-state index in [1.54, 1.807) is 12.1 Å². The van der Waals surface area contributed by atoms with Crippen LogP contribution < -0.4 is 5.32 Å². The molecule has 9 heteroatoms. The number of carbonyl (C=O) groups excluding carboxylic acids is 1. The molecule has 2 rings (SSSR count). The van der Waals surface area contributed by atoms with E-state index in [-0.39, 0.29) is 36.9 Å². The molecule has 1 aliphatic rings. The fourth-order valence-electron chi connectivity index (χ4n) is 2.90. The van der Waals surface area contributed by atoms with Gasteiger partial charge in [-0.05, 0) is 38.9 Å². The number of anilines is 1. The maximum absolute atomic E-state index is 12.3. The lowest BCUT2D eigenvalue weighted by Gasteiger charge is -2.38. The van der Waals surface area contributed by atoms with Crippen LogP contribution in [0.5, 0.6) is 0 Å². The third-order valence-electron chi connectivity index (χ3n) is 4.41. The van der Waals surface area contributed by atoms with E-state index >= 15 is 0 Å². The van der Waals surface area contributed by atoms with Crippen LogP contribution >= 0.6 is 24.0 Å². The summed E-state index contributed by atoms with van der Waals surface area (Å²) in [5.41, 5.74) is 0. The summed E-state index contributed by atoms with van der Waals surface area (Å²) in [5.74, 6) is -0.447. The lowest BCUT2D eigenvalue weighted by molar-refractivity contribution is -0.138. The molecular formula is C16H24Cl2N4O3. The molecule has 1 fully saturated rings. The number of likely N-dealkylation sites (N-methyl/N-ethyl adjacent to an activating group) is 1. The number of aromatic nitrogens is 1. The lowest BCUT2D eigenvalue weighted by atomic mass is 10.0. The zero-order valence-electron chi connectivity index (χ0n) is 14.3. The summed E-state index contributed by atoms with van der Waals surface area (Å²) < 4.78 is 0. The van der Waals surface area contributed by atoms with E-state index < -0.39 is 5.97 Å². The molecule has 1 aliphatic heterocycles. The van der Waals surface area contributed by atoms with Crippen molar-refractivity contribution in [3.05, 3.63) is 23.4 Å². The predicted molar refractivity (Wildman–Crippen MR) is 99.4 cm³/mol. The number of rotatable bonds is 6. The van der Waals surface area contributed by atoms with Gasteiger partial charge in [-0.2, -0.15) is 0 Å². The number of nitrogens with zero attached hydrogens (tertiary/aromatic N) is 3. The topological polar surface area (TPSA) is 85.8 Å². The van der Waals surface area contributed by atoms with Crippen molar-refractivity contribution in [1.82, 2.24) is 14.8 Å². The molecular weight excluding hydrogens is 367 g/mol. The van der Waals surface area contributed by atoms with Crippen LogP contribution in [0.3, 0.4) is 0 Å². The number of carboxylic acid groups (broad SMARTS) is 1. The largest absolute Gasteiger partial charge is 0.480 e. The Morgan fingerprint density at radius 1 is 1.44 bits per heavy atom. The monoisotopic (exact) mass is 390 g/mol. The number of likely N-dealkylation sites (tertiary alicyclic amines) is 1. The Bertz CT molecular complexity index is 577. The Labute approximate surface area is 158 Å². The normalized spacial score (nSPS) is 17.0. The van der Waals surface area contributed by atoms with Crippen LogP contribution in [0, 0.1) is 0 Å². The molecule has 1 unspecified atom stereocenters. The van der Waals surface area contributed by atoms with Gasteiger partial charge in [0.2, 0.25) is 5.91 Å². The van der Waals surface area contributed by atoms with Crippen molar-refractivity contribution in [2.75, 3.05) is 32.0 Å². The van der Waals surface area contributed by atoms with Crippen LogP contribution in [-0.2, 0) is 9.59 Å². The predicted octanol–water partition coefficient (Wildman–Crippen LogP) is 1.96. The number of nitrogens with one attached hydrogen (secondary N) is 1. The molecule has 2 heterocycles. The summed E-state index contributed by atoms with van der Waals surface area (Å²) in [6.07, 6.45) is 3.19. The van der Waals surface area contributed by atoms with Gasteiger partial charge in [-0.1, -0.05) is 11.6 Å². The van der Waals surface area contributed by atoms with Crippen molar-refractivity contribution < 1.29 is 14.7 Å². The van der Waals surface area contributed by atoms with E-state index in [0.29, 0.717) is 10.8 Å². The van der Waals surface area contributed by atoms with Crippen LogP contribution in [0.4, 0.5) is 5.82 Å². The van der Waals surface area contributed by atoms with Gasteiger partial charge in [-0.25, -0.2) is 4.98 Å². The van der Waals surface area contributed by atoms with E-state index in [1.165, 1.54) is 6.20 Å². The van der Waals surface area contributed by atoms with Crippen LogP contribution in [0.1, 0.15) is 19.8 Å². The quantitative estimate of drug-likeness (QED) is 0.771. The summed E-state index contributed by atoms with van der Waals surface area (Å²) in [6, 6.07) is 3.32. The highest BCUT2D eigenvalue weighted by Crippen LogP contribution is 2.18. The van der Waals surface area contributed by atoms with Crippen molar-refractivity contribution in [2.24, 2.45) is 0 Å². The van der Waals surface area contributed by atoms with Gasteiger partial charge in [0.25, 0.3) is 0 Å². The van der Waals surface area contributed by atoms with Crippen LogP contribution in [0.15, 0.2) is 18.3 Å². The van der Waals surface area contributed by atoms with E-state index in [2.05, 4.69) is 15.2 Å². The highest BCUT2D eigenvalue weighted by atomic mass is 35.5. The van der Waals surface area contributed by atoms with Crippen molar-refractivity contribution in [3.63, 3.8) is 0 Å². The molecule has 1 saturated heterocycles. The minimum Gasteiger partial charge on any atom is -0.480 e. The Kier molecular flexibility index (Phi) is 8.58. The molecule has 0 bridgehead atoms. The minimum atomic E-state index is -0.817. The van der Waals surface area contributed by atoms with Gasteiger partial charge in [-0.3, -0.25) is 19.4 Å². The van der Waals surface area contributed by atoms with Crippen molar-refractivity contribution in [2.45, 2.75) is 31.8 Å². The first kappa shape index (κ1) is 21.6. The van der Waals surface area contributed by atoms with Gasteiger partial charge in [0.1, 0.15) is 5.82 Å². The van der Waals surface area contributed by atoms with Crippen LogP contribution in [-0.4, -0.2) is 70.5 Å². The Morgan fingerprint density at radius 2 is 2.08 bits per heavy atom. The first-order valence-corrected chi connectivity index (χ1v) is 8.33. The number of hydrogen-bond donors (Lipinski definition) is 2. The molecule has 0 aliphatic carbocycles. The molecule has 0 spiro atoms. The molecule has 0 aromatic carbocycles. The van der Waals surface area contributed by atoms with E-state index in [4.69, 9.17) is 16.7 Å². The minimum absolute atomic E-state index is 0. The highest BCUT2D eigenvalue weighted by molar-refractivity contribution is 6.30. The number of carbonyl (C=O) groups is 2. The fraction of sp³-hybridized carbons (Fsp3) is 0.562. The third kappa shape index (κ3) is 6.43. The second kappa shape index (κ2) is 9.91. The molecule has 1 aromatic rings. The van der Waals surface area contributed by atoms with Crippen LogP contribution in [0.2, 0.25) is 5.02 Å². The Morgan fingerprint density at radius 3 is 2.60 bits per heavy atom. The van der Waals surface area contributed by atoms with Gasteiger partial charge in [-0.15, -0.1) is 12.4 Å². The second-order valence-corrected chi connectivity index (χ2v) is 6.54. The highest BCUT2D eigenvalue weighted by Gasteiger charge is 2.28. The average molecular weight is 391 g/mol. The molecule has 2 N–H and O–H groups in total. The smallest absolute Gasteiger partial charge is 0.317 e. The maximum atomic E-state index is 12.3. The first-order valence-electron chi connectivity index (χ1n) is 7.95. The molecule has 1 amide bonds. The molecule has 1 atom stereocenters. The van der Waals surface area contributed by atoms with E-state index in [9.17, 15) is 9.59 Å². The molecule has 1 aromatic heterocycles. The van der Waals surface area contributed by atoms with Crippen molar-refractivity contribution >= 4 is 41.7 Å². The fourth-order valence-corrected chi connectivity index (χ4v) is 3.01. The molecule has 7 nitrogen and oxygen atoms in total. The number of amides is 1. The number of pyridine rings is 1. The lowest BCUT2D eigenvalue weighted by Crippen LogP contribution is -2.50. The number of halogens is 2. The maximum Gasteiger partial charge on any atom is 0.317 e. The van der Waals surface area contributed by atoms with E-state index in [0.717, 1.165) is 25.9 Å². The molecule has 140 valence electrons. The molecule has 25 heavy (non-hydrogen) atoms. The van der Waals surface area contributed by atoms with Gasteiger partial charge in [0, 0.05) is 25.3 Å². The van der Waals surface area contributed by atoms with Gasteiger partial charge < -0.3 is 10.4 Å². The summed E-state index contributed by atoms with van der Waals surface area (Å²) in [5, 5.41) is 12.2. The summed E-state index contributed by atoms with van der Waals surface area (Å²) in [6.45, 7) is 3.43. The van der Waals surface area contributed by atoms with Gasteiger partial charge >= 0.3 is 5.97 Å². The number of piperidine rings is 1. The second-order valence-electron chi connectivity index (χ2n) is 6.10. The molecule has 0 radical (unpaired) electrons. The third-order valence-corrected chi connectivity index (χ3v) is 4.64. The summed E-state index contributed by atoms with van der Waals surface area (Å²) >= 11 is 5.78. The Hall–Kier alpha value is -1.41. The average Bonchev–Trinajstić information content (AvgIpc) is 2.55. The zero-order chi connectivity index (χ0) is 17.7. The van der Waals surface area contributed by atoms with Crippen molar-refractivity contribution in [3.8, 4) is 0 Å². The van der Waals surface area contributed by atoms with Gasteiger partial charge in [0.15, 0.2) is 0 Å². The van der Waals surface area contributed by atoms with Crippen LogP contribution in [0.25, 0.3) is 0 Å². The molecule has 0 saturated carbocycles. The number of carboxylic acids is 1.